The van der Waals surface area contributed by atoms with Gasteiger partial charge in [0.1, 0.15) is 12.6 Å². The van der Waals surface area contributed by atoms with Crippen LogP contribution in [0.15, 0.2) is 77.7 Å². The van der Waals surface area contributed by atoms with Crippen molar-refractivity contribution in [3.05, 3.63) is 94.5 Å². The number of anilines is 1. The number of carbonyl (C=O) groups excluding carboxylic acids is 2. The van der Waals surface area contributed by atoms with Crippen molar-refractivity contribution < 1.29 is 18.0 Å². The molecule has 2 amide bonds. The largest absolute Gasteiger partial charge is 0.350 e. The number of sulfonamides is 1. The molecule has 1 atom stereocenters. The van der Waals surface area contributed by atoms with E-state index >= 15 is 0 Å². The Bertz CT molecular complexity index is 1450. The predicted octanol–water partition coefficient (Wildman–Crippen LogP) is 5.87. The van der Waals surface area contributed by atoms with Gasteiger partial charge in [0.2, 0.25) is 11.8 Å². The summed E-state index contributed by atoms with van der Waals surface area (Å²) >= 11 is 6.17. The van der Waals surface area contributed by atoms with E-state index in [9.17, 15) is 18.0 Å². The summed E-state index contributed by atoms with van der Waals surface area (Å²) in [6.07, 6.45) is 0.352. The number of rotatable bonds is 10. The summed E-state index contributed by atoms with van der Waals surface area (Å²) < 4.78 is 29.0. The topological polar surface area (TPSA) is 86.8 Å². The number of benzene rings is 3. The van der Waals surface area contributed by atoms with Crippen LogP contribution in [0.25, 0.3) is 0 Å². The molecule has 0 radical (unpaired) electrons. The maximum Gasteiger partial charge on any atom is 0.264 e. The van der Waals surface area contributed by atoms with Crippen LogP contribution in [0.2, 0.25) is 5.02 Å². The van der Waals surface area contributed by atoms with Crippen LogP contribution < -0.4 is 9.62 Å². The van der Waals surface area contributed by atoms with E-state index in [1.807, 2.05) is 58.9 Å². The number of amides is 2. The molecular weight excluding hydrogens is 546 g/mol. The second-order valence-corrected chi connectivity index (χ2v) is 13.2. The number of hydrogen-bond donors (Lipinski definition) is 1. The summed E-state index contributed by atoms with van der Waals surface area (Å²) in [4.78, 5) is 29.1. The smallest absolute Gasteiger partial charge is 0.264 e. The van der Waals surface area contributed by atoms with Gasteiger partial charge in [0.25, 0.3) is 10.0 Å². The number of halogens is 1. The lowest BCUT2D eigenvalue weighted by molar-refractivity contribution is -0.141. The first-order valence-corrected chi connectivity index (χ1v) is 15.1. The van der Waals surface area contributed by atoms with Gasteiger partial charge < -0.3 is 10.2 Å². The summed E-state index contributed by atoms with van der Waals surface area (Å²) in [5.74, 6) is -0.789. The summed E-state index contributed by atoms with van der Waals surface area (Å²) in [6.45, 7) is 10.8. The third-order valence-corrected chi connectivity index (χ3v) is 8.37. The maximum atomic E-state index is 14.2. The van der Waals surface area contributed by atoms with Crippen molar-refractivity contribution in [2.75, 3.05) is 10.8 Å². The highest BCUT2D eigenvalue weighted by molar-refractivity contribution is 7.92. The lowest BCUT2D eigenvalue weighted by Crippen LogP contribution is -2.55. The molecule has 1 N–H and O–H groups in total. The molecule has 3 aromatic carbocycles. The van der Waals surface area contributed by atoms with E-state index in [0.717, 1.165) is 15.4 Å². The average molecular weight is 584 g/mol. The molecule has 0 saturated carbocycles. The van der Waals surface area contributed by atoms with Crippen molar-refractivity contribution in [2.24, 2.45) is 0 Å². The summed E-state index contributed by atoms with van der Waals surface area (Å²) in [7, 11) is -4.14. The Balaban J connectivity index is 2.10. The average Bonchev–Trinajstić information content (AvgIpc) is 2.87. The Morgan fingerprint density at radius 2 is 1.62 bits per heavy atom. The first-order valence-electron chi connectivity index (χ1n) is 13.2. The molecule has 9 heteroatoms. The highest BCUT2D eigenvalue weighted by Gasteiger charge is 2.35. The van der Waals surface area contributed by atoms with Crippen LogP contribution in [0.5, 0.6) is 0 Å². The Morgan fingerprint density at radius 3 is 2.20 bits per heavy atom. The van der Waals surface area contributed by atoms with E-state index in [-0.39, 0.29) is 17.3 Å². The first kappa shape index (κ1) is 31.2. The molecule has 0 saturated heterocycles. The minimum Gasteiger partial charge on any atom is -0.350 e. The third kappa shape index (κ3) is 7.86. The van der Waals surface area contributed by atoms with Gasteiger partial charge in [0.05, 0.1) is 10.6 Å². The molecule has 40 heavy (non-hydrogen) atoms. The summed E-state index contributed by atoms with van der Waals surface area (Å²) in [5.41, 5.74) is 2.29. The molecule has 0 fully saturated rings. The quantitative estimate of drug-likeness (QED) is 0.323. The fraction of sp³-hybridized carbons (Fsp3) is 0.355. The Hall–Kier alpha value is -3.36. The van der Waals surface area contributed by atoms with E-state index in [2.05, 4.69) is 5.32 Å². The molecule has 1 unspecified atom stereocenters. The van der Waals surface area contributed by atoms with Gasteiger partial charge in [0.15, 0.2) is 0 Å². The molecule has 0 aliphatic heterocycles. The van der Waals surface area contributed by atoms with E-state index in [1.165, 1.54) is 17.0 Å². The van der Waals surface area contributed by atoms with Crippen molar-refractivity contribution >= 4 is 39.1 Å². The summed E-state index contributed by atoms with van der Waals surface area (Å²) in [5, 5.41) is 3.43. The fourth-order valence-electron chi connectivity index (χ4n) is 4.51. The SMILES string of the molecule is CCC(C(=O)NC(C)(C)C)N(Cc1cccc(C)c1)C(=O)CN(c1ccc(Cl)cc1C)S(=O)(=O)c1ccccc1. The van der Waals surface area contributed by atoms with Gasteiger partial charge in [-0.2, -0.15) is 0 Å². The van der Waals surface area contributed by atoms with Gasteiger partial charge in [-0.05, 0) is 82.5 Å². The molecule has 0 bridgehead atoms. The number of carbonyl (C=O) groups is 2. The number of aryl methyl sites for hydroxylation is 2. The predicted molar refractivity (Wildman–Crippen MR) is 161 cm³/mol. The van der Waals surface area contributed by atoms with Gasteiger partial charge in [0, 0.05) is 17.1 Å². The zero-order chi connectivity index (χ0) is 29.7. The van der Waals surface area contributed by atoms with E-state index in [1.54, 1.807) is 43.3 Å². The summed E-state index contributed by atoms with van der Waals surface area (Å²) in [6, 6.07) is 19.7. The van der Waals surface area contributed by atoms with Crippen molar-refractivity contribution in [1.29, 1.82) is 0 Å². The zero-order valence-electron chi connectivity index (χ0n) is 23.9. The molecule has 7 nitrogen and oxygen atoms in total. The van der Waals surface area contributed by atoms with E-state index < -0.39 is 34.1 Å². The number of hydrogen-bond acceptors (Lipinski definition) is 4. The first-order chi connectivity index (χ1) is 18.7. The van der Waals surface area contributed by atoms with Crippen molar-refractivity contribution in [3.8, 4) is 0 Å². The highest BCUT2D eigenvalue weighted by atomic mass is 35.5. The molecule has 0 heterocycles. The van der Waals surface area contributed by atoms with Gasteiger partial charge in [-0.3, -0.25) is 13.9 Å². The van der Waals surface area contributed by atoms with Gasteiger partial charge >= 0.3 is 0 Å². The molecule has 0 aliphatic rings. The second kappa shape index (κ2) is 12.9. The molecule has 3 aromatic rings. The standard InChI is InChI=1S/C31H38ClN3O4S/c1-7-27(30(37)33-31(4,5)6)34(20-24-13-11-12-22(2)18-24)29(36)21-35(28-17-16-25(32)19-23(28)3)40(38,39)26-14-9-8-10-15-26/h8-19,27H,7,20-21H2,1-6H3,(H,33,37). The molecule has 3 rings (SSSR count). The normalized spacial score (nSPS) is 12.5. The van der Waals surface area contributed by atoms with Gasteiger partial charge in [-0.15, -0.1) is 0 Å². The highest BCUT2D eigenvalue weighted by Crippen LogP contribution is 2.29. The molecule has 0 spiro atoms. The van der Waals surface area contributed by atoms with Crippen molar-refractivity contribution in [2.45, 2.75) is 71.0 Å². The fourth-order valence-corrected chi connectivity index (χ4v) is 6.24. The minimum absolute atomic E-state index is 0.0555. The molecule has 214 valence electrons. The zero-order valence-corrected chi connectivity index (χ0v) is 25.5. The Labute approximate surface area is 243 Å². The lowest BCUT2D eigenvalue weighted by Gasteiger charge is -2.35. The van der Waals surface area contributed by atoms with Crippen LogP contribution in [0.4, 0.5) is 5.69 Å². The van der Waals surface area contributed by atoms with E-state index in [4.69, 9.17) is 11.6 Å². The van der Waals surface area contributed by atoms with Crippen molar-refractivity contribution in [3.63, 3.8) is 0 Å². The van der Waals surface area contributed by atoms with Crippen LogP contribution in [-0.2, 0) is 26.2 Å². The van der Waals surface area contributed by atoms with Crippen LogP contribution >= 0.6 is 11.6 Å². The monoisotopic (exact) mass is 583 g/mol. The van der Waals surface area contributed by atoms with Crippen LogP contribution in [-0.4, -0.2) is 43.3 Å². The molecule has 0 aliphatic carbocycles. The Kier molecular flexibility index (Phi) is 10.0. The second-order valence-electron chi connectivity index (χ2n) is 10.9. The number of nitrogens with one attached hydrogen (secondary N) is 1. The number of nitrogens with zero attached hydrogens (tertiary/aromatic N) is 2. The van der Waals surface area contributed by atoms with Crippen LogP contribution in [0.1, 0.15) is 50.8 Å². The Morgan fingerprint density at radius 1 is 0.950 bits per heavy atom. The lowest BCUT2D eigenvalue weighted by atomic mass is 10.0. The molecular formula is C31H38ClN3O4S. The van der Waals surface area contributed by atoms with E-state index in [0.29, 0.717) is 22.7 Å². The van der Waals surface area contributed by atoms with Crippen LogP contribution in [0.3, 0.4) is 0 Å². The third-order valence-electron chi connectivity index (χ3n) is 6.36. The van der Waals surface area contributed by atoms with Gasteiger partial charge in [-0.25, -0.2) is 8.42 Å². The van der Waals surface area contributed by atoms with Crippen molar-refractivity contribution in [1.82, 2.24) is 10.2 Å². The maximum absolute atomic E-state index is 14.2. The van der Waals surface area contributed by atoms with Gasteiger partial charge in [-0.1, -0.05) is 66.6 Å². The minimum atomic E-state index is -4.14. The molecule has 0 aromatic heterocycles. The van der Waals surface area contributed by atoms with Crippen LogP contribution in [0, 0.1) is 13.8 Å².